The highest BCUT2D eigenvalue weighted by Crippen LogP contribution is 2.37. The summed E-state index contributed by atoms with van der Waals surface area (Å²) in [6.07, 6.45) is 4.99. The van der Waals surface area contributed by atoms with Crippen LogP contribution in [0.1, 0.15) is 105 Å². The summed E-state index contributed by atoms with van der Waals surface area (Å²) < 4.78 is 5.69. The van der Waals surface area contributed by atoms with Gasteiger partial charge in [-0.05, 0) is 62.1 Å². The van der Waals surface area contributed by atoms with E-state index in [9.17, 15) is 19.5 Å². The predicted molar refractivity (Wildman–Crippen MR) is 179 cm³/mol. The number of nitrogens with zero attached hydrogens (tertiary/aromatic N) is 1. The number of phenolic OH excluding ortho intramolecular Hbond substituents is 1. The lowest BCUT2D eigenvalue weighted by molar-refractivity contribution is -0.143. The third-order valence-corrected chi connectivity index (χ3v) is 7.91. The Kier molecular flexibility index (Phi) is 11.5. The Labute approximate surface area is 268 Å². The fourth-order valence-corrected chi connectivity index (χ4v) is 5.16. The lowest BCUT2D eigenvalue weighted by Crippen LogP contribution is -2.58. The first-order valence-electron chi connectivity index (χ1n) is 15.9. The molecule has 1 saturated carbocycles. The van der Waals surface area contributed by atoms with E-state index < -0.39 is 28.3 Å². The molecule has 1 aliphatic rings. The van der Waals surface area contributed by atoms with Crippen LogP contribution in [-0.2, 0) is 21.5 Å². The fraction of sp³-hybridized carbons (Fsp3) is 0.556. The number of phenols is 1. The predicted octanol–water partition coefficient (Wildman–Crippen LogP) is 6.40. The Morgan fingerprint density at radius 3 is 2.22 bits per heavy atom. The number of rotatable bonds is 8. The van der Waals surface area contributed by atoms with E-state index in [1.165, 1.54) is 0 Å². The summed E-state index contributed by atoms with van der Waals surface area (Å²) in [6, 6.07) is 11.3. The maximum absolute atomic E-state index is 13.3. The third kappa shape index (κ3) is 10.3. The molecule has 0 radical (unpaired) electrons. The zero-order valence-corrected chi connectivity index (χ0v) is 28.4. The van der Waals surface area contributed by atoms with E-state index in [4.69, 9.17) is 9.73 Å². The number of amides is 3. The Bertz CT molecular complexity index is 1370. The van der Waals surface area contributed by atoms with Crippen molar-refractivity contribution in [2.75, 3.05) is 0 Å². The van der Waals surface area contributed by atoms with Gasteiger partial charge >= 0.3 is 12.0 Å². The van der Waals surface area contributed by atoms with E-state index in [0.717, 1.165) is 31.2 Å². The van der Waals surface area contributed by atoms with Crippen LogP contribution >= 0.6 is 0 Å². The summed E-state index contributed by atoms with van der Waals surface area (Å²) in [4.78, 5) is 43.9. The van der Waals surface area contributed by atoms with Gasteiger partial charge in [0, 0.05) is 23.9 Å². The summed E-state index contributed by atoms with van der Waals surface area (Å²) in [6.45, 7) is 17.4. The standard InChI is InChI=1S/C36H52N4O5/c1-34(2,3)26-20-25(45-32(43)36(7,8)9)19-24(29(26)41)22-37-27-17-13-14-18-28(27)39-33(44)40-30(35(4,5)6)31(42)38-21-23-15-11-10-12-16-23/h10-12,15-16,19-20,22,27-28,30,41H,13-14,17-18,21H2,1-9H3,(H,38,42)(H2,39,40,44). The molecule has 3 atom stereocenters. The highest BCUT2D eigenvalue weighted by Gasteiger charge is 2.34. The van der Waals surface area contributed by atoms with E-state index in [-0.39, 0.29) is 29.7 Å². The molecule has 45 heavy (non-hydrogen) atoms. The fourth-order valence-electron chi connectivity index (χ4n) is 5.16. The largest absolute Gasteiger partial charge is 0.507 e. The second kappa shape index (κ2) is 14.5. The van der Waals surface area contributed by atoms with Crippen molar-refractivity contribution in [2.45, 2.75) is 118 Å². The topological polar surface area (TPSA) is 129 Å². The number of ether oxygens (including phenoxy) is 1. The minimum absolute atomic E-state index is 0.0782. The molecule has 3 amide bonds. The van der Waals surface area contributed by atoms with Crippen molar-refractivity contribution in [3.05, 3.63) is 59.2 Å². The van der Waals surface area contributed by atoms with Crippen LogP contribution in [0.3, 0.4) is 0 Å². The van der Waals surface area contributed by atoms with Crippen molar-refractivity contribution in [1.82, 2.24) is 16.0 Å². The van der Waals surface area contributed by atoms with Crippen LogP contribution in [0.4, 0.5) is 4.79 Å². The number of aromatic hydroxyl groups is 1. The molecule has 0 bridgehead atoms. The van der Waals surface area contributed by atoms with Crippen molar-refractivity contribution >= 4 is 24.1 Å². The van der Waals surface area contributed by atoms with Gasteiger partial charge in [-0.25, -0.2) is 4.79 Å². The summed E-state index contributed by atoms with van der Waals surface area (Å²) >= 11 is 0. The van der Waals surface area contributed by atoms with Crippen molar-refractivity contribution in [3.63, 3.8) is 0 Å². The number of carbonyl (C=O) groups excluding carboxylic acids is 3. The summed E-state index contributed by atoms with van der Waals surface area (Å²) in [7, 11) is 0. The summed E-state index contributed by atoms with van der Waals surface area (Å²) in [5, 5.41) is 20.1. The molecular weight excluding hydrogens is 568 g/mol. The van der Waals surface area contributed by atoms with Crippen molar-refractivity contribution in [3.8, 4) is 11.5 Å². The van der Waals surface area contributed by atoms with Crippen LogP contribution < -0.4 is 20.7 Å². The Hall–Kier alpha value is -3.88. The lowest BCUT2D eigenvalue weighted by atomic mass is 9.85. The molecule has 9 nitrogen and oxygen atoms in total. The normalized spacial score (nSPS) is 18.2. The van der Waals surface area contributed by atoms with Crippen LogP contribution in [0.5, 0.6) is 11.5 Å². The minimum atomic E-state index is -0.752. The maximum Gasteiger partial charge on any atom is 0.316 e. The van der Waals surface area contributed by atoms with E-state index in [1.54, 1.807) is 39.1 Å². The summed E-state index contributed by atoms with van der Waals surface area (Å²) in [5.74, 6) is -0.206. The first-order chi connectivity index (χ1) is 20.9. The van der Waals surface area contributed by atoms with Crippen LogP contribution in [-0.4, -0.2) is 47.4 Å². The lowest BCUT2D eigenvalue weighted by Gasteiger charge is -2.33. The minimum Gasteiger partial charge on any atom is -0.507 e. The first kappa shape index (κ1) is 35.6. The number of benzene rings is 2. The van der Waals surface area contributed by atoms with Gasteiger partial charge in [-0.1, -0.05) is 84.7 Å². The number of aliphatic imine (C=N–C) groups is 1. The van der Waals surface area contributed by atoms with Gasteiger partial charge in [-0.15, -0.1) is 0 Å². The quantitative estimate of drug-likeness (QED) is 0.154. The van der Waals surface area contributed by atoms with Crippen LogP contribution in [0, 0.1) is 10.8 Å². The van der Waals surface area contributed by atoms with Crippen molar-refractivity contribution in [1.29, 1.82) is 0 Å². The van der Waals surface area contributed by atoms with E-state index in [0.29, 0.717) is 23.4 Å². The van der Waals surface area contributed by atoms with Gasteiger partial charge in [0.2, 0.25) is 5.91 Å². The average Bonchev–Trinajstić information content (AvgIpc) is 2.94. The van der Waals surface area contributed by atoms with Gasteiger partial charge in [-0.2, -0.15) is 0 Å². The van der Waals surface area contributed by atoms with Crippen molar-refractivity contribution < 1.29 is 24.2 Å². The monoisotopic (exact) mass is 620 g/mol. The molecule has 3 unspecified atom stereocenters. The smallest absolute Gasteiger partial charge is 0.316 e. The number of carbonyl (C=O) groups is 3. The molecule has 0 aromatic heterocycles. The molecule has 1 fully saturated rings. The van der Waals surface area contributed by atoms with E-state index in [1.807, 2.05) is 71.9 Å². The van der Waals surface area contributed by atoms with Gasteiger partial charge in [0.1, 0.15) is 17.5 Å². The number of esters is 1. The zero-order valence-electron chi connectivity index (χ0n) is 28.4. The average molecular weight is 621 g/mol. The molecule has 0 aliphatic heterocycles. The second-order valence-corrected chi connectivity index (χ2v) is 15.2. The van der Waals surface area contributed by atoms with Crippen LogP contribution in [0.15, 0.2) is 47.5 Å². The number of hydrogen-bond donors (Lipinski definition) is 4. The van der Waals surface area contributed by atoms with Gasteiger partial charge < -0.3 is 25.8 Å². The molecule has 3 rings (SSSR count). The molecule has 0 spiro atoms. The van der Waals surface area contributed by atoms with E-state index in [2.05, 4.69) is 16.0 Å². The molecule has 246 valence electrons. The molecule has 0 heterocycles. The Balaban J connectivity index is 1.77. The van der Waals surface area contributed by atoms with Crippen molar-refractivity contribution in [2.24, 2.45) is 15.8 Å². The SMILES string of the molecule is CC(C)(C)C(=O)Oc1cc(C=NC2CCCCC2NC(=O)NC(C(=O)NCc2ccccc2)C(C)(C)C)c(O)c(C(C)(C)C)c1. The third-order valence-electron chi connectivity index (χ3n) is 7.91. The first-order valence-corrected chi connectivity index (χ1v) is 15.9. The van der Waals surface area contributed by atoms with Gasteiger partial charge in [0.15, 0.2) is 0 Å². The molecule has 9 heteroatoms. The summed E-state index contributed by atoms with van der Waals surface area (Å²) in [5.41, 5.74) is 0.427. The van der Waals surface area contributed by atoms with Gasteiger partial charge in [0.05, 0.1) is 17.5 Å². The Morgan fingerprint density at radius 2 is 1.62 bits per heavy atom. The van der Waals surface area contributed by atoms with E-state index >= 15 is 0 Å². The molecule has 4 N–H and O–H groups in total. The molecular formula is C36H52N4O5. The molecule has 0 saturated heterocycles. The Morgan fingerprint density at radius 1 is 0.978 bits per heavy atom. The molecule has 1 aliphatic carbocycles. The second-order valence-electron chi connectivity index (χ2n) is 15.2. The highest BCUT2D eigenvalue weighted by molar-refractivity contribution is 5.88. The number of urea groups is 1. The van der Waals surface area contributed by atoms with Crippen LogP contribution in [0.2, 0.25) is 0 Å². The van der Waals surface area contributed by atoms with Crippen LogP contribution in [0.25, 0.3) is 0 Å². The molecule has 2 aromatic carbocycles. The number of hydrogen-bond acceptors (Lipinski definition) is 6. The highest BCUT2D eigenvalue weighted by atomic mass is 16.5. The molecule has 2 aromatic rings. The van der Waals surface area contributed by atoms with Gasteiger partial charge in [0.25, 0.3) is 0 Å². The maximum atomic E-state index is 13.3. The number of nitrogens with one attached hydrogen (secondary N) is 3. The van der Waals surface area contributed by atoms with Gasteiger partial charge in [-0.3, -0.25) is 14.6 Å². The zero-order chi connectivity index (χ0) is 33.6.